The zero-order valence-corrected chi connectivity index (χ0v) is 15.5. The summed E-state index contributed by atoms with van der Waals surface area (Å²) in [7, 11) is 0. The van der Waals surface area contributed by atoms with Crippen molar-refractivity contribution >= 4 is 17.3 Å². The van der Waals surface area contributed by atoms with Crippen LogP contribution in [0.1, 0.15) is 54.8 Å². The maximum atomic E-state index is 11.5. The van der Waals surface area contributed by atoms with E-state index in [-0.39, 0.29) is 5.91 Å². The van der Waals surface area contributed by atoms with E-state index in [0.29, 0.717) is 17.9 Å². The Morgan fingerprint density at radius 2 is 1.85 bits per heavy atom. The van der Waals surface area contributed by atoms with Gasteiger partial charge < -0.3 is 10.6 Å². The number of hydrogen-bond donors (Lipinski definition) is 2. The van der Waals surface area contributed by atoms with E-state index in [9.17, 15) is 4.79 Å². The number of hydrogen-bond acceptors (Lipinski definition) is 2. The van der Waals surface area contributed by atoms with Crippen molar-refractivity contribution in [1.29, 1.82) is 0 Å². The van der Waals surface area contributed by atoms with Gasteiger partial charge in [0.15, 0.2) is 0 Å². The van der Waals surface area contributed by atoms with Crippen LogP contribution in [-0.4, -0.2) is 5.91 Å². The predicted molar refractivity (Wildman–Crippen MR) is 105 cm³/mol. The van der Waals surface area contributed by atoms with E-state index in [1.807, 2.05) is 6.07 Å². The number of amides is 1. The molecule has 3 nitrogen and oxygen atoms in total. The maximum absolute atomic E-state index is 11.5. The van der Waals surface area contributed by atoms with Gasteiger partial charge in [0.25, 0.3) is 0 Å². The number of rotatable bonds is 2. The van der Waals surface area contributed by atoms with E-state index >= 15 is 0 Å². The lowest BCUT2D eigenvalue weighted by Crippen LogP contribution is -2.35. The molecular weight excluding hydrogens is 320 g/mol. The molecule has 2 aromatic rings. The van der Waals surface area contributed by atoms with Gasteiger partial charge in [-0.2, -0.15) is 0 Å². The fourth-order valence-corrected chi connectivity index (χ4v) is 5.87. The number of anilines is 2. The molecule has 2 N–H and O–H groups in total. The lowest BCUT2D eigenvalue weighted by Gasteiger charge is -2.43. The second-order valence-corrected chi connectivity index (χ2v) is 8.45. The number of benzene rings is 2. The van der Waals surface area contributed by atoms with Gasteiger partial charge in [-0.1, -0.05) is 29.8 Å². The Labute approximate surface area is 155 Å². The molecule has 5 rings (SSSR count). The first-order valence-electron chi connectivity index (χ1n) is 9.85. The Hall–Kier alpha value is -2.29. The smallest absolute Gasteiger partial charge is 0.221 e. The van der Waals surface area contributed by atoms with Crippen molar-refractivity contribution in [3.8, 4) is 0 Å². The predicted octanol–water partition coefficient (Wildman–Crippen LogP) is 5.25. The highest BCUT2D eigenvalue weighted by molar-refractivity contribution is 5.89. The molecule has 2 fully saturated rings. The van der Waals surface area contributed by atoms with Gasteiger partial charge >= 0.3 is 0 Å². The Balaban J connectivity index is 1.58. The minimum Gasteiger partial charge on any atom is -0.378 e. The van der Waals surface area contributed by atoms with Gasteiger partial charge in [0, 0.05) is 18.3 Å². The molecule has 3 heteroatoms. The average molecular weight is 346 g/mol. The van der Waals surface area contributed by atoms with Crippen LogP contribution >= 0.6 is 0 Å². The second kappa shape index (κ2) is 5.87. The quantitative estimate of drug-likeness (QED) is 0.780. The number of nitrogens with one attached hydrogen (secondary N) is 2. The zero-order valence-electron chi connectivity index (χ0n) is 15.5. The largest absolute Gasteiger partial charge is 0.378 e. The molecule has 26 heavy (non-hydrogen) atoms. The van der Waals surface area contributed by atoms with Crippen LogP contribution < -0.4 is 10.6 Å². The fraction of sp³-hybridized carbons (Fsp3) is 0.435. The number of fused-ring (bicyclic) bond motifs is 7. The molecule has 3 aliphatic rings. The molecule has 0 spiro atoms. The van der Waals surface area contributed by atoms with Crippen molar-refractivity contribution in [3.63, 3.8) is 0 Å². The average Bonchev–Trinajstić information content (AvgIpc) is 3.24. The summed E-state index contributed by atoms with van der Waals surface area (Å²) < 4.78 is 0. The van der Waals surface area contributed by atoms with Crippen LogP contribution in [0.5, 0.6) is 0 Å². The van der Waals surface area contributed by atoms with Crippen LogP contribution in [-0.2, 0) is 4.79 Å². The van der Waals surface area contributed by atoms with Crippen molar-refractivity contribution in [2.45, 2.75) is 45.1 Å². The van der Waals surface area contributed by atoms with Crippen molar-refractivity contribution in [3.05, 3.63) is 59.2 Å². The molecule has 134 valence electrons. The lowest BCUT2D eigenvalue weighted by molar-refractivity contribution is -0.114. The highest BCUT2D eigenvalue weighted by Gasteiger charge is 2.53. The first kappa shape index (κ1) is 15.9. The molecule has 5 atom stereocenters. The third-order valence-corrected chi connectivity index (χ3v) is 6.84. The Bertz CT molecular complexity index is 857. The Kier molecular flexibility index (Phi) is 3.59. The van der Waals surface area contributed by atoms with Gasteiger partial charge in [-0.3, -0.25) is 4.79 Å². The van der Waals surface area contributed by atoms with Gasteiger partial charge in [0.05, 0.1) is 6.04 Å². The van der Waals surface area contributed by atoms with Gasteiger partial charge in [0.2, 0.25) is 5.91 Å². The van der Waals surface area contributed by atoms with Crippen LogP contribution in [0, 0.1) is 24.7 Å². The molecule has 0 saturated heterocycles. The molecule has 1 amide bonds. The third kappa shape index (κ3) is 2.45. The monoisotopic (exact) mass is 346 g/mol. The number of aryl methyl sites for hydroxylation is 1. The summed E-state index contributed by atoms with van der Waals surface area (Å²) >= 11 is 0. The standard InChI is InChI=1S/C23H26N2O/c1-13-3-5-15(6-4-13)23-22-17-8-7-16(11-17)21(22)19-12-18(24-14(2)26)9-10-20(19)25-23/h3-6,9-10,12,16-17,21-23,25H,7-8,11H2,1-2H3,(H,24,26). The van der Waals surface area contributed by atoms with E-state index in [1.54, 1.807) is 6.92 Å². The summed E-state index contributed by atoms with van der Waals surface area (Å²) in [6, 6.07) is 15.8. The van der Waals surface area contributed by atoms with Gasteiger partial charge in [-0.05, 0) is 79.2 Å². The van der Waals surface area contributed by atoms with E-state index in [4.69, 9.17) is 0 Å². The van der Waals surface area contributed by atoms with E-state index in [0.717, 1.165) is 17.5 Å². The molecule has 2 aromatic carbocycles. The fourth-order valence-electron chi connectivity index (χ4n) is 5.87. The van der Waals surface area contributed by atoms with Gasteiger partial charge in [0.1, 0.15) is 0 Å². The first-order chi connectivity index (χ1) is 12.6. The molecule has 5 unspecified atom stereocenters. The van der Waals surface area contributed by atoms with E-state index in [1.165, 1.54) is 41.6 Å². The molecule has 2 saturated carbocycles. The van der Waals surface area contributed by atoms with Crippen LogP contribution in [0.15, 0.2) is 42.5 Å². The topological polar surface area (TPSA) is 41.1 Å². The molecule has 1 aliphatic heterocycles. The minimum atomic E-state index is -0.00394. The van der Waals surface area contributed by atoms with Crippen LogP contribution in [0.3, 0.4) is 0 Å². The molecule has 2 aliphatic carbocycles. The van der Waals surface area contributed by atoms with Crippen LogP contribution in [0.2, 0.25) is 0 Å². The highest BCUT2D eigenvalue weighted by Crippen LogP contribution is 2.63. The van der Waals surface area contributed by atoms with Crippen LogP contribution in [0.25, 0.3) is 0 Å². The molecule has 0 radical (unpaired) electrons. The zero-order chi connectivity index (χ0) is 17.8. The molecule has 1 heterocycles. The second-order valence-electron chi connectivity index (χ2n) is 8.45. The summed E-state index contributed by atoms with van der Waals surface area (Å²) in [4.78, 5) is 11.5. The normalized spacial score (nSPS) is 31.1. The molecular formula is C23H26N2O. The summed E-state index contributed by atoms with van der Waals surface area (Å²) in [5, 5.41) is 6.82. The van der Waals surface area contributed by atoms with Gasteiger partial charge in [-0.25, -0.2) is 0 Å². The van der Waals surface area contributed by atoms with Crippen molar-refractivity contribution in [1.82, 2.24) is 0 Å². The first-order valence-corrected chi connectivity index (χ1v) is 9.85. The van der Waals surface area contributed by atoms with Crippen LogP contribution in [0.4, 0.5) is 11.4 Å². The third-order valence-electron chi connectivity index (χ3n) is 6.84. The van der Waals surface area contributed by atoms with E-state index < -0.39 is 0 Å². The summed E-state index contributed by atoms with van der Waals surface area (Å²) in [5.41, 5.74) is 6.31. The maximum Gasteiger partial charge on any atom is 0.221 e. The van der Waals surface area contributed by atoms with Crippen molar-refractivity contribution < 1.29 is 4.79 Å². The Morgan fingerprint density at radius 3 is 2.62 bits per heavy atom. The minimum absolute atomic E-state index is 0.00394. The summed E-state index contributed by atoms with van der Waals surface area (Å²) in [5.74, 6) is 2.89. The summed E-state index contributed by atoms with van der Waals surface area (Å²) in [6.07, 6.45) is 4.09. The lowest BCUT2D eigenvalue weighted by atomic mass is 9.68. The van der Waals surface area contributed by atoms with Crippen molar-refractivity contribution in [2.24, 2.45) is 17.8 Å². The molecule has 2 bridgehead atoms. The van der Waals surface area contributed by atoms with Crippen molar-refractivity contribution in [2.75, 3.05) is 10.6 Å². The van der Waals surface area contributed by atoms with E-state index in [2.05, 4.69) is 54.0 Å². The SMILES string of the molecule is CC(=O)Nc1ccc2c(c1)C1C3CCC(C3)C1C(c1ccc(C)cc1)N2. The molecule has 0 aromatic heterocycles. The highest BCUT2D eigenvalue weighted by atomic mass is 16.1. The Morgan fingerprint density at radius 1 is 1.08 bits per heavy atom. The van der Waals surface area contributed by atoms with Gasteiger partial charge in [-0.15, -0.1) is 0 Å². The summed E-state index contributed by atoms with van der Waals surface area (Å²) in [6.45, 7) is 3.72. The number of carbonyl (C=O) groups is 1. The number of carbonyl (C=O) groups excluding carboxylic acids is 1.